The first-order chi connectivity index (χ1) is 9.54. The summed E-state index contributed by atoms with van der Waals surface area (Å²) in [6.07, 6.45) is 6.28. The summed E-state index contributed by atoms with van der Waals surface area (Å²) < 4.78 is 5.71. The first-order valence-electron chi connectivity index (χ1n) is 7.71. The van der Waals surface area contributed by atoms with Crippen LogP contribution in [0.15, 0.2) is 0 Å². The van der Waals surface area contributed by atoms with Crippen LogP contribution in [-0.2, 0) is 4.74 Å². The average Bonchev–Trinajstić information content (AvgIpc) is 2.39. The summed E-state index contributed by atoms with van der Waals surface area (Å²) in [5.74, 6) is 2.25. The molecule has 0 radical (unpaired) electrons. The molecule has 1 heterocycles. The predicted molar refractivity (Wildman–Crippen MR) is 81.6 cm³/mol. The number of aryl methyl sites for hydroxylation is 1. The van der Waals surface area contributed by atoms with E-state index in [-0.39, 0.29) is 6.10 Å². The number of ether oxygens (including phenoxy) is 1. The van der Waals surface area contributed by atoms with Crippen LogP contribution in [0, 0.1) is 12.8 Å². The molecule has 0 saturated heterocycles. The lowest BCUT2D eigenvalue weighted by atomic mass is 9.84. The third-order valence-electron chi connectivity index (χ3n) is 4.35. The van der Waals surface area contributed by atoms with Crippen molar-refractivity contribution in [2.45, 2.75) is 64.9 Å². The zero-order valence-electron chi connectivity index (χ0n) is 13.1. The molecule has 0 bridgehead atoms. The fraction of sp³-hybridized carbons (Fsp3) is 0.750. The summed E-state index contributed by atoms with van der Waals surface area (Å²) in [6, 6.07) is 0. The van der Waals surface area contributed by atoms with Gasteiger partial charge < -0.3 is 10.5 Å². The average molecular weight is 277 g/mol. The third-order valence-corrected chi connectivity index (χ3v) is 4.35. The molecule has 1 aliphatic carbocycles. The number of rotatable bonds is 4. The fourth-order valence-electron chi connectivity index (χ4n) is 3.41. The SMILES string of the molecule is COC(c1nc(C)c(C(C)C)c(N)n1)C1CCCCC1. The number of nitrogens with zero attached hydrogens (tertiary/aromatic N) is 2. The van der Waals surface area contributed by atoms with Gasteiger partial charge in [0.05, 0.1) is 0 Å². The normalized spacial score (nSPS) is 18.4. The van der Waals surface area contributed by atoms with E-state index in [1.165, 1.54) is 32.1 Å². The molecule has 1 aliphatic rings. The summed E-state index contributed by atoms with van der Waals surface area (Å²) in [4.78, 5) is 9.23. The Kier molecular flexibility index (Phi) is 4.97. The van der Waals surface area contributed by atoms with Gasteiger partial charge in [-0.3, -0.25) is 0 Å². The van der Waals surface area contributed by atoms with E-state index in [0.717, 1.165) is 17.1 Å². The molecular weight excluding hydrogens is 250 g/mol. The Morgan fingerprint density at radius 1 is 1.15 bits per heavy atom. The number of methoxy groups -OCH3 is 1. The minimum atomic E-state index is -0.0162. The molecule has 0 spiro atoms. The highest BCUT2D eigenvalue weighted by Gasteiger charge is 2.28. The van der Waals surface area contributed by atoms with Gasteiger partial charge in [-0.05, 0) is 31.6 Å². The maximum absolute atomic E-state index is 6.14. The van der Waals surface area contributed by atoms with E-state index in [0.29, 0.717) is 17.7 Å². The number of anilines is 1. The Morgan fingerprint density at radius 3 is 2.30 bits per heavy atom. The second kappa shape index (κ2) is 6.53. The molecule has 0 aliphatic heterocycles. The molecule has 1 aromatic rings. The van der Waals surface area contributed by atoms with Crippen molar-refractivity contribution in [2.75, 3.05) is 12.8 Å². The molecule has 1 atom stereocenters. The number of nitrogens with two attached hydrogens (primary N) is 1. The summed E-state index contributed by atoms with van der Waals surface area (Å²) in [7, 11) is 1.75. The van der Waals surface area contributed by atoms with Crippen molar-refractivity contribution in [3.63, 3.8) is 0 Å². The van der Waals surface area contributed by atoms with E-state index in [9.17, 15) is 0 Å². The van der Waals surface area contributed by atoms with E-state index in [1.54, 1.807) is 7.11 Å². The Hall–Kier alpha value is -1.16. The lowest BCUT2D eigenvalue weighted by Crippen LogP contribution is -2.21. The molecule has 2 rings (SSSR count). The van der Waals surface area contributed by atoms with Crippen LogP contribution in [0.5, 0.6) is 0 Å². The van der Waals surface area contributed by atoms with Crippen LogP contribution in [0.4, 0.5) is 5.82 Å². The number of hydrogen-bond donors (Lipinski definition) is 1. The Labute approximate surface area is 122 Å². The highest BCUT2D eigenvalue weighted by Crippen LogP contribution is 2.36. The summed E-state index contributed by atoms with van der Waals surface area (Å²) in [5.41, 5.74) is 8.19. The summed E-state index contributed by atoms with van der Waals surface area (Å²) in [6.45, 7) is 6.26. The Morgan fingerprint density at radius 2 is 1.80 bits per heavy atom. The van der Waals surface area contributed by atoms with Crippen molar-refractivity contribution in [2.24, 2.45) is 5.92 Å². The van der Waals surface area contributed by atoms with Crippen molar-refractivity contribution in [3.05, 3.63) is 17.1 Å². The van der Waals surface area contributed by atoms with Gasteiger partial charge in [-0.2, -0.15) is 0 Å². The lowest BCUT2D eigenvalue weighted by molar-refractivity contribution is 0.0289. The molecule has 0 amide bonds. The topological polar surface area (TPSA) is 61.0 Å². The molecule has 4 nitrogen and oxygen atoms in total. The van der Waals surface area contributed by atoms with Gasteiger partial charge in [0.2, 0.25) is 0 Å². The van der Waals surface area contributed by atoms with Crippen molar-refractivity contribution >= 4 is 5.82 Å². The quantitative estimate of drug-likeness (QED) is 0.910. The second-order valence-corrected chi connectivity index (χ2v) is 6.18. The fourth-order valence-corrected chi connectivity index (χ4v) is 3.41. The van der Waals surface area contributed by atoms with Crippen molar-refractivity contribution < 1.29 is 4.74 Å². The van der Waals surface area contributed by atoms with Crippen LogP contribution in [-0.4, -0.2) is 17.1 Å². The standard InChI is InChI=1S/C16H27N3O/c1-10(2)13-11(3)18-16(19-15(13)17)14(20-4)12-8-6-5-7-9-12/h10,12,14H,5-9H2,1-4H3,(H2,17,18,19). The zero-order valence-corrected chi connectivity index (χ0v) is 13.1. The van der Waals surface area contributed by atoms with E-state index in [1.807, 2.05) is 6.92 Å². The third kappa shape index (κ3) is 3.11. The van der Waals surface area contributed by atoms with Gasteiger partial charge in [-0.15, -0.1) is 0 Å². The highest BCUT2D eigenvalue weighted by atomic mass is 16.5. The van der Waals surface area contributed by atoms with Crippen molar-refractivity contribution in [1.29, 1.82) is 0 Å². The molecule has 1 unspecified atom stereocenters. The van der Waals surface area contributed by atoms with Crippen LogP contribution in [0.3, 0.4) is 0 Å². The van der Waals surface area contributed by atoms with E-state index in [2.05, 4.69) is 23.8 Å². The largest absolute Gasteiger partial charge is 0.383 e. The predicted octanol–water partition coefficient (Wildman–Crippen LogP) is 3.76. The molecule has 20 heavy (non-hydrogen) atoms. The second-order valence-electron chi connectivity index (χ2n) is 6.18. The molecular formula is C16H27N3O. The summed E-state index contributed by atoms with van der Waals surface area (Å²) in [5, 5.41) is 0. The number of nitrogen functional groups attached to an aromatic ring is 1. The van der Waals surface area contributed by atoms with Gasteiger partial charge in [-0.25, -0.2) is 9.97 Å². The van der Waals surface area contributed by atoms with Crippen molar-refractivity contribution in [3.8, 4) is 0 Å². The minimum Gasteiger partial charge on any atom is -0.383 e. The molecule has 1 saturated carbocycles. The molecule has 1 aromatic heterocycles. The number of hydrogen-bond acceptors (Lipinski definition) is 4. The van der Waals surface area contributed by atoms with E-state index in [4.69, 9.17) is 10.5 Å². The first-order valence-corrected chi connectivity index (χ1v) is 7.71. The van der Waals surface area contributed by atoms with Crippen LogP contribution >= 0.6 is 0 Å². The molecule has 4 heteroatoms. The van der Waals surface area contributed by atoms with Gasteiger partial charge in [0.25, 0.3) is 0 Å². The van der Waals surface area contributed by atoms with Crippen LogP contribution in [0.25, 0.3) is 0 Å². The van der Waals surface area contributed by atoms with E-state index >= 15 is 0 Å². The van der Waals surface area contributed by atoms with Crippen molar-refractivity contribution in [1.82, 2.24) is 9.97 Å². The molecule has 0 aromatic carbocycles. The van der Waals surface area contributed by atoms with Crippen LogP contribution < -0.4 is 5.73 Å². The van der Waals surface area contributed by atoms with E-state index < -0.39 is 0 Å². The lowest BCUT2D eigenvalue weighted by Gasteiger charge is -2.28. The monoisotopic (exact) mass is 277 g/mol. The van der Waals surface area contributed by atoms with Crippen LogP contribution in [0.2, 0.25) is 0 Å². The smallest absolute Gasteiger partial charge is 0.160 e. The highest BCUT2D eigenvalue weighted by molar-refractivity contribution is 5.44. The molecule has 1 fully saturated rings. The van der Waals surface area contributed by atoms with Gasteiger partial charge in [0, 0.05) is 18.4 Å². The Bertz CT molecular complexity index is 430. The van der Waals surface area contributed by atoms with Gasteiger partial charge in [-0.1, -0.05) is 33.1 Å². The van der Waals surface area contributed by atoms with Gasteiger partial charge >= 0.3 is 0 Å². The maximum Gasteiger partial charge on any atom is 0.160 e. The number of aromatic nitrogens is 2. The zero-order chi connectivity index (χ0) is 14.7. The van der Waals surface area contributed by atoms with Gasteiger partial charge in [0.15, 0.2) is 5.82 Å². The molecule has 112 valence electrons. The maximum atomic E-state index is 6.14. The van der Waals surface area contributed by atoms with Gasteiger partial charge in [0.1, 0.15) is 11.9 Å². The summed E-state index contributed by atoms with van der Waals surface area (Å²) >= 11 is 0. The first kappa shape index (κ1) is 15.2. The Balaban J connectivity index is 2.30. The molecule has 2 N–H and O–H groups in total. The minimum absolute atomic E-state index is 0.0162. The van der Waals surface area contributed by atoms with Crippen LogP contribution in [0.1, 0.15) is 75.1 Å².